The zero-order valence-electron chi connectivity index (χ0n) is 7.32. The molecule has 13 heavy (non-hydrogen) atoms. The molecule has 1 saturated carbocycles. The molecule has 2 fully saturated rings. The normalized spacial score (nSPS) is 29.2. The van der Waals surface area contributed by atoms with E-state index in [2.05, 4.69) is 0 Å². The molecule has 0 radical (unpaired) electrons. The van der Waals surface area contributed by atoms with E-state index in [1.54, 1.807) is 0 Å². The third kappa shape index (κ3) is 1.07. The molecule has 1 unspecified atom stereocenters. The van der Waals surface area contributed by atoms with E-state index in [9.17, 15) is 9.59 Å². The maximum absolute atomic E-state index is 11.1. The van der Waals surface area contributed by atoms with E-state index in [1.165, 1.54) is 4.90 Å². The summed E-state index contributed by atoms with van der Waals surface area (Å²) >= 11 is 0. The number of amides is 3. The first-order valence-corrected chi connectivity index (χ1v) is 4.42. The van der Waals surface area contributed by atoms with Crippen molar-refractivity contribution in [1.29, 1.82) is 0 Å². The molecule has 1 spiro atoms. The van der Waals surface area contributed by atoms with Crippen molar-refractivity contribution >= 4 is 11.9 Å². The van der Waals surface area contributed by atoms with Crippen molar-refractivity contribution in [3.05, 3.63) is 0 Å². The summed E-state index contributed by atoms with van der Waals surface area (Å²) in [7, 11) is 0. The van der Waals surface area contributed by atoms with Gasteiger partial charge in [0.15, 0.2) is 0 Å². The van der Waals surface area contributed by atoms with Gasteiger partial charge in [-0.15, -0.1) is 0 Å². The Kier molecular flexibility index (Phi) is 1.52. The molecule has 1 aliphatic heterocycles. The Morgan fingerprint density at radius 3 is 2.23 bits per heavy atom. The average molecular weight is 183 g/mol. The van der Waals surface area contributed by atoms with Crippen molar-refractivity contribution in [2.24, 2.45) is 16.9 Å². The summed E-state index contributed by atoms with van der Waals surface area (Å²) in [6.07, 6.45) is 2.85. The van der Waals surface area contributed by atoms with Crippen molar-refractivity contribution in [1.82, 2.24) is 4.90 Å². The lowest BCUT2D eigenvalue weighted by Gasteiger charge is -2.23. The molecule has 0 bridgehead atoms. The molecule has 72 valence electrons. The summed E-state index contributed by atoms with van der Waals surface area (Å²) in [4.78, 5) is 23.5. The van der Waals surface area contributed by atoms with E-state index >= 15 is 0 Å². The number of hydrogen-bond acceptors (Lipinski definition) is 2. The fraction of sp³-hybridized carbons (Fsp3) is 0.750. The van der Waals surface area contributed by atoms with Gasteiger partial charge >= 0.3 is 6.03 Å². The molecular weight excluding hydrogens is 170 g/mol. The SMILES string of the molecule is NC(=O)C1N(C(N)=O)CCC12CC2. The van der Waals surface area contributed by atoms with Crippen molar-refractivity contribution in [2.45, 2.75) is 25.3 Å². The number of primary amides is 2. The first-order valence-electron chi connectivity index (χ1n) is 4.42. The van der Waals surface area contributed by atoms with Crippen LogP contribution in [0.5, 0.6) is 0 Å². The molecule has 5 heteroatoms. The molecule has 1 heterocycles. The second-order valence-corrected chi connectivity index (χ2v) is 3.95. The number of carbonyl (C=O) groups excluding carboxylic acids is 2. The summed E-state index contributed by atoms with van der Waals surface area (Å²) in [5.74, 6) is -0.422. The Morgan fingerprint density at radius 1 is 1.23 bits per heavy atom. The van der Waals surface area contributed by atoms with Crippen LogP contribution in [0.1, 0.15) is 19.3 Å². The third-order valence-corrected chi connectivity index (χ3v) is 3.19. The molecule has 1 aliphatic carbocycles. The van der Waals surface area contributed by atoms with Gasteiger partial charge in [0.2, 0.25) is 5.91 Å². The van der Waals surface area contributed by atoms with Gasteiger partial charge in [0.25, 0.3) is 0 Å². The van der Waals surface area contributed by atoms with Crippen LogP contribution in [0, 0.1) is 5.41 Å². The van der Waals surface area contributed by atoms with Gasteiger partial charge in [-0.3, -0.25) is 4.79 Å². The number of urea groups is 1. The predicted octanol–water partition coefficient (Wildman–Crippen LogP) is -0.595. The van der Waals surface area contributed by atoms with Gasteiger partial charge in [-0.05, 0) is 19.3 Å². The van der Waals surface area contributed by atoms with Gasteiger partial charge in [-0.1, -0.05) is 0 Å². The Bertz CT molecular complexity index is 273. The van der Waals surface area contributed by atoms with Crippen LogP contribution in [0.2, 0.25) is 0 Å². The molecule has 1 atom stereocenters. The van der Waals surface area contributed by atoms with E-state index in [0.29, 0.717) is 6.54 Å². The summed E-state index contributed by atoms with van der Waals surface area (Å²) < 4.78 is 0. The largest absolute Gasteiger partial charge is 0.368 e. The van der Waals surface area contributed by atoms with Gasteiger partial charge in [-0.25, -0.2) is 4.79 Å². The van der Waals surface area contributed by atoms with Crippen LogP contribution in [0.15, 0.2) is 0 Å². The van der Waals surface area contributed by atoms with Crippen molar-refractivity contribution in [3.8, 4) is 0 Å². The number of carbonyl (C=O) groups is 2. The predicted molar refractivity (Wildman–Crippen MR) is 45.6 cm³/mol. The van der Waals surface area contributed by atoms with Crippen LogP contribution in [-0.2, 0) is 4.79 Å². The lowest BCUT2D eigenvalue weighted by molar-refractivity contribution is -0.122. The molecule has 3 amide bonds. The minimum absolute atomic E-state index is 0.0130. The number of rotatable bonds is 1. The minimum atomic E-state index is -0.535. The first kappa shape index (κ1) is 8.34. The Morgan fingerprint density at radius 2 is 1.85 bits per heavy atom. The highest BCUT2D eigenvalue weighted by atomic mass is 16.2. The van der Waals surface area contributed by atoms with E-state index in [1.807, 2.05) is 0 Å². The van der Waals surface area contributed by atoms with Crippen LogP contribution in [0.25, 0.3) is 0 Å². The molecular formula is C8H13N3O2. The van der Waals surface area contributed by atoms with Crippen molar-refractivity contribution in [2.75, 3.05) is 6.54 Å². The molecule has 1 saturated heterocycles. The van der Waals surface area contributed by atoms with Gasteiger partial charge in [0.1, 0.15) is 6.04 Å². The minimum Gasteiger partial charge on any atom is -0.368 e. The van der Waals surface area contributed by atoms with Gasteiger partial charge in [0.05, 0.1) is 0 Å². The van der Waals surface area contributed by atoms with E-state index in [0.717, 1.165) is 19.3 Å². The summed E-state index contributed by atoms with van der Waals surface area (Å²) in [5, 5.41) is 0. The fourth-order valence-electron chi connectivity index (χ4n) is 2.32. The van der Waals surface area contributed by atoms with Crippen LogP contribution >= 0.6 is 0 Å². The molecule has 2 aliphatic rings. The smallest absolute Gasteiger partial charge is 0.315 e. The molecule has 5 nitrogen and oxygen atoms in total. The Balaban J connectivity index is 2.23. The molecule has 0 aromatic carbocycles. The second kappa shape index (κ2) is 2.37. The van der Waals surface area contributed by atoms with E-state index in [-0.39, 0.29) is 5.41 Å². The maximum atomic E-state index is 11.1. The monoisotopic (exact) mass is 183 g/mol. The summed E-state index contributed by atoms with van der Waals surface area (Å²) in [6.45, 7) is 0.572. The third-order valence-electron chi connectivity index (χ3n) is 3.19. The van der Waals surface area contributed by atoms with Gasteiger partial charge in [-0.2, -0.15) is 0 Å². The highest BCUT2D eigenvalue weighted by molar-refractivity contribution is 5.87. The van der Waals surface area contributed by atoms with Crippen molar-refractivity contribution < 1.29 is 9.59 Å². The molecule has 0 aromatic rings. The topological polar surface area (TPSA) is 89.4 Å². The van der Waals surface area contributed by atoms with Crippen LogP contribution in [-0.4, -0.2) is 29.4 Å². The standard InChI is InChI=1S/C8H13N3O2/c9-6(12)5-8(1-2-8)3-4-11(5)7(10)13/h5H,1-4H2,(H2,9,12)(H2,10,13). The quantitative estimate of drug-likeness (QED) is 0.568. The number of nitrogens with zero attached hydrogens (tertiary/aromatic N) is 1. The maximum Gasteiger partial charge on any atom is 0.315 e. The average Bonchev–Trinajstić information content (AvgIpc) is 2.61. The zero-order chi connectivity index (χ0) is 9.64. The number of hydrogen-bond donors (Lipinski definition) is 2. The molecule has 0 aromatic heterocycles. The number of likely N-dealkylation sites (tertiary alicyclic amines) is 1. The highest BCUT2D eigenvalue weighted by Gasteiger charge is 2.58. The summed E-state index contributed by atoms with van der Waals surface area (Å²) in [6, 6.07) is -0.988. The highest BCUT2D eigenvalue weighted by Crippen LogP contribution is 2.56. The number of nitrogens with two attached hydrogens (primary N) is 2. The molecule has 4 N–H and O–H groups in total. The van der Waals surface area contributed by atoms with Crippen molar-refractivity contribution in [3.63, 3.8) is 0 Å². The summed E-state index contributed by atoms with van der Waals surface area (Å²) in [5.41, 5.74) is 10.4. The second-order valence-electron chi connectivity index (χ2n) is 3.95. The fourth-order valence-corrected chi connectivity index (χ4v) is 2.32. The van der Waals surface area contributed by atoms with Gasteiger partial charge < -0.3 is 16.4 Å². The van der Waals surface area contributed by atoms with Gasteiger partial charge in [0, 0.05) is 12.0 Å². The Labute approximate surface area is 76.0 Å². The first-order chi connectivity index (χ1) is 6.07. The van der Waals surface area contributed by atoms with Crippen LogP contribution in [0.4, 0.5) is 4.79 Å². The van der Waals surface area contributed by atoms with E-state index < -0.39 is 18.0 Å². The van der Waals surface area contributed by atoms with Crippen LogP contribution in [0.3, 0.4) is 0 Å². The lowest BCUT2D eigenvalue weighted by Crippen LogP contribution is -2.49. The zero-order valence-corrected chi connectivity index (χ0v) is 7.32. The van der Waals surface area contributed by atoms with E-state index in [4.69, 9.17) is 11.5 Å². The lowest BCUT2D eigenvalue weighted by atomic mass is 9.97. The Hall–Kier alpha value is -1.26. The molecule has 2 rings (SSSR count). The van der Waals surface area contributed by atoms with Crippen LogP contribution < -0.4 is 11.5 Å².